The van der Waals surface area contributed by atoms with Gasteiger partial charge in [0.15, 0.2) is 0 Å². The Morgan fingerprint density at radius 1 is 1.12 bits per heavy atom. The van der Waals surface area contributed by atoms with Crippen LogP contribution in [0.2, 0.25) is 0 Å². The summed E-state index contributed by atoms with van der Waals surface area (Å²) < 4.78 is 12.9. The topological polar surface area (TPSA) is 49.4 Å². The van der Waals surface area contributed by atoms with Crippen LogP contribution in [0.4, 0.5) is 4.39 Å². The molecule has 0 aromatic heterocycles. The van der Waals surface area contributed by atoms with Crippen LogP contribution in [0.5, 0.6) is 0 Å². The molecule has 1 heterocycles. The molecule has 134 valence electrons. The zero-order chi connectivity index (χ0) is 18.5. The molecule has 3 rings (SSSR count). The Morgan fingerprint density at radius 3 is 2.58 bits per heavy atom. The van der Waals surface area contributed by atoms with Gasteiger partial charge in [0.25, 0.3) is 0 Å². The van der Waals surface area contributed by atoms with Gasteiger partial charge in [0.2, 0.25) is 11.8 Å². The van der Waals surface area contributed by atoms with Gasteiger partial charge in [-0.1, -0.05) is 36.4 Å². The average Bonchev–Trinajstić information content (AvgIpc) is 2.63. The normalized spacial score (nSPS) is 15.5. The fourth-order valence-corrected chi connectivity index (χ4v) is 3.16. The molecule has 1 atom stereocenters. The minimum atomic E-state index is -0.306. The second-order valence-electron chi connectivity index (χ2n) is 6.32. The quantitative estimate of drug-likeness (QED) is 0.896. The molecule has 2 amide bonds. The van der Waals surface area contributed by atoms with Crippen LogP contribution in [0, 0.1) is 5.82 Å². The van der Waals surface area contributed by atoms with Crippen LogP contribution in [-0.4, -0.2) is 23.3 Å². The van der Waals surface area contributed by atoms with Crippen LogP contribution in [0.3, 0.4) is 0 Å². The molecule has 1 N–H and O–H groups in total. The highest BCUT2D eigenvalue weighted by atomic mass is 19.1. The van der Waals surface area contributed by atoms with Gasteiger partial charge in [0, 0.05) is 19.7 Å². The molecule has 0 fully saturated rings. The molecule has 0 aliphatic carbocycles. The maximum absolute atomic E-state index is 12.9. The fraction of sp³-hybridized carbons (Fsp3) is 0.238. The first-order valence-electron chi connectivity index (χ1n) is 8.62. The van der Waals surface area contributed by atoms with Crippen molar-refractivity contribution in [1.29, 1.82) is 0 Å². The second kappa shape index (κ2) is 7.95. The van der Waals surface area contributed by atoms with E-state index >= 15 is 0 Å². The molecule has 1 aliphatic heterocycles. The Bertz CT molecular complexity index is 830. The van der Waals surface area contributed by atoms with E-state index in [-0.39, 0.29) is 30.1 Å². The molecule has 0 unspecified atom stereocenters. The zero-order valence-electron chi connectivity index (χ0n) is 14.6. The number of rotatable bonds is 5. The highest BCUT2D eigenvalue weighted by molar-refractivity contribution is 5.81. The minimum absolute atomic E-state index is 0.0973. The summed E-state index contributed by atoms with van der Waals surface area (Å²) in [5.74, 6) is -0.487. The monoisotopic (exact) mass is 352 g/mol. The highest BCUT2D eigenvalue weighted by Gasteiger charge is 2.27. The summed E-state index contributed by atoms with van der Waals surface area (Å²) in [5, 5.41) is 2.89. The molecule has 0 saturated heterocycles. The van der Waals surface area contributed by atoms with Crippen LogP contribution >= 0.6 is 0 Å². The number of fused-ring (bicyclic) bond motifs is 1. The SMILES string of the molecule is CC(=O)N1C=Cc2ccccc2[C@H]1CC(=O)NCCc1ccc(F)cc1. The minimum Gasteiger partial charge on any atom is -0.356 e. The van der Waals surface area contributed by atoms with Crippen LogP contribution < -0.4 is 5.32 Å². The summed E-state index contributed by atoms with van der Waals surface area (Å²) >= 11 is 0. The molecule has 2 aromatic carbocycles. The first-order chi connectivity index (χ1) is 12.5. The van der Waals surface area contributed by atoms with E-state index in [1.54, 1.807) is 23.2 Å². The fourth-order valence-electron chi connectivity index (χ4n) is 3.16. The molecule has 0 bridgehead atoms. The molecule has 1 aliphatic rings. The third kappa shape index (κ3) is 4.17. The van der Waals surface area contributed by atoms with E-state index in [4.69, 9.17) is 0 Å². The Kier molecular flexibility index (Phi) is 5.46. The molecular weight excluding hydrogens is 331 g/mol. The van der Waals surface area contributed by atoms with Crippen molar-refractivity contribution in [2.45, 2.75) is 25.8 Å². The van der Waals surface area contributed by atoms with Crippen molar-refractivity contribution in [3.63, 3.8) is 0 Å². The predicted molar refractivity (Wildman–Crippen MR) is 98.5 cm³/mol. The van der Waals surface area contributed by atoms with Crippen molar-refractivity contribution in [2.75, 3.05) is 6.54 Å². The van der Waals surface area contributed by atoms with E-state index in [1.807, 2.05) is 30.3 Å². The number of carbonyl (C=O) groups excluding carboxylic acids is 2. The number of hydrogen-bond acceptors (Lipinski definition) is 2. The van der Waals surface area contributed by atoms with Crippen LogP contribution in [0.25, 0.3) is 6.08 Å². The number of hydrogen-bond donors (Lipinski definition) is 1. The second-order valence-corrected chi connectivity index (χ2v) is 6.32. The van der Waals surface area contributed by atoms with Crippen LogP contribution in [-0.2, 0) is 16.0 Å². The number of halogens is 1. The van der Waals surface area contributed by atoms with E-state index in [9.17, 15) is 14.0 Å². The van der Waals surface area contributed by atoms with E-state index < -0.39 is 0 Å². The molecule has 2 aromatic rings. The van der Waals surface area contributed by atoms with Crippen molar-refractivity contribution in [3.8, 4) is 0 Å². The summed E-state index contributed by atoms with van der Waals surface area (Å²) in [6.45, 7) is 1.96. The van der Waals surface area contributed by atoms with Gasteiger partial charge in [0.05, 0.1) is 12.5 Å². The molecule has 4 nitrogen and oxygen atoms in total. The van der Waals surface area contributed by atoms with Crippen LogP contribution in [0.1, 0.15) is 36.1 Å². The van der Waals surface area contributed by atoms with Gasteiger partial charge in [-0.05, 0) is 41.3 Å². The van der Waals surface area contributed by atoms with E-state index in [1.165, 1.54) is 19.1 Å². The lowest BCUT2D eigenvalue weighted by Crippen LogP contribution is -2.35. The number of nitrogens with one attached hydrogen (secondary N) is 1. The van der Waals surface area contributed by atoms with Gasteiger partial charge in [-0.3, -0.25) is 9.59 Å². The van der Waals surface area contributed by atoms with Gasteiger partial charge in [-0.2, -0.15) is 0 Å². The smallest absolute Gasteiger partial charge is 0.223 e. The highest BCUT2D eigenvalue weighted by Crippen LogP contribution is 2.32. The maximum Gasteiger partial charge on any atom is 0.223 e. The molecule has 0 saturated carbocycles. The van der Waals surface area contributed by atoms with Gasteiger partial charge in [-0.25, -0.2) is 4.39 Å². The van der Waals surface area contributed by atoms with Gasteiger partial charge < -0.3 is 10.2 Å². The number of nitrogens with zero attached hydrogens (tertiary/aromatic N) is 1. The summed E-state index contributed by atoms with van der Waals surface area (Å²) in [6.07, 6.45) is 4.45. The Balaban J connectivity index is 1.62. The average molecular weight is 352 g/mol. The standard InChI is InChI=1S/C21H21FN2O2/c1-15(25)24-13-11-17-4-2-3-5-19(17)20(24)14-21(26)23-12-10-16-6-8-18(22)9-7-16/h2-9,11,13,20H,10,12,14H2,1H3,(H,23,26)/t20-/m1/s1. The predicted octanol–water partition coefficient (Wildman–Crippen LogP) is 3.45. The Morgan fingerprint density at radius 2 is 1.85 bits per heavy atom. The van der Waals surface area contributed by atoms with Crippen molar-refractivity contribution >= 4 is 17.9 Å². The molecule has 26 heavy (non-hydrogen) atoms. The Hall–Kier alpha value is -2.95. The lowest BCUT2D eigenvalue weighted by molar-refractivity contribution is -0.129. The third-order valence-corrected chi connectivity index (χ3v) is 4.50. The first-order valence-corrected chi connectivity index (χ1v) is 8.62. The first kappa shape index (κ1) is 17.9. The van der Waals surface area contributed by atoms with E-state index in [0.717, 1.165) is 16.7 Å². The summed E-state index contributed by atoms with van der Waals surface area (Å²) in [7, 11) is 0. The molecule has 5 heteroatoms. The summed E-state index contributed by atoms with van der Waals surface area (Å²) in [5.41, 5.74) is 2.95. The van der Waals surface area contributed by atoms with Gasteiger partial charge in [-0.15, -0.1) is 0 Å². The summed E-state index contributed by atoms with van der Waals surface area (Å²) in [6, 6.07) is 13.7. The third-order valence-electron chi connectivity index (χ3n) is 4.50. The molecule has 0 spiro atoms. The maximum atomic E-state index is 12.9. The molecular formula is C21H21FN2O2. The number of carbonyl (C=O) groups is 2. The zero-order valence-corrected chi connectivity index (χ0v) is 14.6. The van der Waals surface area contributed by atoms with Gasteiger partial charge in [0.1, 0.15) is 5.82 Å². The van der Waals surface area contributed by atoms with Crippen LogP contribution in [0.15, 0.2) is 54.7 Å². The van der Waals surface area contributed by atoms with E-state index in [2.05, 4.69) is 5.32 Å². The molecule has 0 radical (unpaired) electrons. The van der Waals surface area contributed by atoms with Crippen molar-refractivity contribution in [3.05, 3.63) is 77.2 Å². The number of amides is 2. The van der Waals surface area contributed by atoms with E-state index in [0.29, 0.717) is 13.0 Å². The lowest BCUT2D eigenvalue weighted by atomic mass is 9.93. The largest absolute Gasteiger partial charge is 0.356 e. The van der Waals surface area contributed by atoms with Gasteiger partial charge >= 0.3 is 0 Å². The Labute approximate surface area is 152 Å². The van der Waals surface area contributed by atoms with Crippen molar-refractivity contribution in [1.82, 2.24) is 10.2 Å². The van der Waals surface area contributed by atoms with Crippen molar-refractivity contribution < 1.29 is 14.0 Å². The summed E-state index contributed by atoms with van der Waals surface area (Å²) in [4.78, 5) is 25.9. The lowest BCUT2D eigenvalue weighted by Gasteiger charge is -2.32. The number of benzene rings is 2. The van der Waals surface area contributed by atoms with Crippen molar-refractivity contribution in [2.24, 2.45) is 0 Å².